The number of amides is 1. The predicted octanol–water partition coefficient (Wildman–Crippen LogP) is 3.56. The molecule has 1 amide bonds. The molecule has 0 saturated carbocycles. The lowest BCUT2D eigenvalue weighted by Crippen LogP contribution is -2.12. The van der Waals surface area contributed by atoms with Crippen molar-refractivity contribution < 1.29 is 14.0 Å². The summed E-state index contributed by atoms with van der Waals surface area (Å²) in [6.07, 6.45) is 1.39. The Balaban J connectivity index is 2.01. The van der Waals surface area contributed by atoms with Gasteiger partial charge < -0.3 is 5.32 Å². The van der Waals surface area contributed by atoms with E-state index in [1.165, 1.54) is 35.9 Å². The maximum absolute atomic E-state index is 13.5. The molecule has 0 bridgehead atoms. The van der Waals surface area contributed by atoms with Gasteiger partial charge in [-0.15, -0.1) is 0 Å². The Kier molecular flexibility index (Phi) is 3.84. The van der Waals surface area contributed by atoms with E-state index in [9.17, 15) is 14.0 Å². The maximum Gasteiger partial charge on any atom is 0.257 e. The SMILES string of the molecule is CC(=O)n1cc(C(=O)Nc2ccc(C#N)cc2)c2cc(F)ccc21. The van der Waals surface area contributed by atoms with E-state index in [1.807, 2.05) is 6.07 Å². The average Bonchev–Trinajstić information content (AvgIpc) is 2.94. The van der Waals surface area contributed by atoms with Crippen molar-refractivity contribution in [2.45, 2.75) is 6.92 Å². The molecular weight excluding hydrogens is 309 g/mol. The molecule has 1 aromatic heterocycles. The zero-order valence-corrected chi connectivity index (χ0v) is 12.7. The Morgan fingerprint density at radius 1 is 1.17 bits per heavy atom. The Hall–Kier alpha value is -3.46. The summed E-state index contributed by atoms with van der Waals surface area (Å²) in [6, 6.07) is 12.3. The fourth-order valence-electron chi connectivity index (χ4n) is 2.47. The highest BCUT2D eigenvalue weighted by Crippen LogP contribution is 2.24. The average molecular weight is 321 g/mol. The van der Waals surface area contributed by atoms with E-state index in [2.05, 4.69) is 5.32 Å². The first-order valence-electron chi connectivity index (χ1n) is 7.12. The number of benzene rings is 2. The first kappa shape index (κ1) is 15.4. The number of anilines is 1. The second kappa shape index (κ2) is 5.97. The fourth-order valence-corrected chi connectivity index (χ4v) is 2.47. The van der Waals surface area contributed by atoms with E-state index in [-0.39, 0.29) is 11.5 Å². The third kappa shape index (κ3) is 2.75. The molecule has 0 aliphatic rings. The van der Waals surface area contributed by atoms with Gasteiger partial charge in [0.05, 0.1) is 22.7 Å². The quantitative estimate of drug-likeness (QED) is 0.784. The monoisotopic (exact) mass is 321 g/mol. The molecule has 1 N–H and O–H groups in total. The van der Waals surface area contributed by atoms with Gasteiger partial charge in [0.2, 0.25) is 5.91 Å². The van der Waals surface area contributed by atoms with Crippen LogP contribution in [0.1, 0.15) is 27.6 Å². The van der Waals surface area contributed by atoms with Crippen molar-refractivity contribution in [2.24, 2.45) is 0 Å². The normalized spacial score (nSPS) is 10.4. The van der Waals surface area contributed by atoms with Crippen LogP contribution in [0.15, 0.2) is 48.7 Å². The highest BCUT2D eigenvalue weighted by molar-refractivity contribution is 6.14. The van der Waals surface area contributed by atoms with E-state index in [1.54, 1.807) is 24.3 Å². The second-order valence-corrected chi connectivity index (χ2v) is 5.24. The largest absolute Gasteiger partial charge is 0.322 e. The van der Waals surface area contributed by atoms with Crippen LogP contribution < -0.4 is 5.32 Å². The summed E-state index contributed by atoms with van der Waals surface area (Å²) < 4.78 is 14.9. The summed E-state index contributed by atoms with van der Waals surface area (Å²) in [6.45, 7) is 1.37. The van der Waals surface area contributed by atoms with Crippen molar-refractivity contribution in [3.63, 3.8) is 0 Å². The molecular formula is C18H12FN3O2. The number of aromatic nitrogens is 1. The summed E-state index contributed by atoms with van der Waals surface area (Å²) in [4.78, 5) is 24.2. The molecule has 0 aliphatic heterocycles. The predicted molar refractivity (Wildman–Crippen MR) is 87.3 cm³/mol. The van der Waals surface area contributed by atoms with Crippen LogP contribution in [0.5, 0.6) is 0 Å². The van der Waals surface area contributed by atoms with Gasteiger partial charge in [-0.05, 0) is 42.5 Å². The molecule has 24 heavy (non-hydrogen) atoms. The topological polar surface area (TPSA) is 74.9 Å². The summed E-state index contributed by atoms with van der Waals surface area (Å²) in [5.74, 6) is -1.23. The van der Waals surface area contributed by atoms with Gasteiger partial charge in [-0.3, -0.25) is 14.2 Å². The number of fused-ring (bicyclic) bond motifs is 1. The van der Waals surface area contributed by atoms with E-state index >= 15 is 0 Å². The zero-order chi connectivity index (χ0) is 17.3. The molecule has 5 nitrogen and oxygen atoms in total. The number of carbonyl (C=O) groups is 2. The van der Waals surface area contributed by atoms with Crippen molar-refractivity contribution in [1.82, 2.24) is 4.57 Å². The fraction of sp³-hybridized carbons (Fsp3) is 0.0556. The summed E-state index contributed by atoms with van der Waals surface area (Å²) >= 11 is 0. The number of rotatable bonds is 2. The van der Waals surface area contributed by atoms with E-state index < -0.39 is 11.7 Å². The van der Waals surface area contributed by atoms with Crippen molar-refractivity contribution in [3.8, 4) is 6.07 Å². The van der Waals surface area contributed by atoms with Gasteiger partial charge in [0.1, 0.15) is 5.82 Å². The van der Waals surface area contributed by atoms with Crippen LogP contribution in [0.2, 0.25) is 0 Å². The minimum atomic E-state index is -0.490. The first-order chi connectivity index (χ1) is 11.5. The minimum Gasteiger partial charge on any atom is -0.322 e. The summed E-state index contributed by atoms with van der Waals surface area (Å²) in [5.41, 5.74) is 1.64. The lowest BCUT2D eigenvalue weighted by molar-refractivity contribution is 0.0941. The molecule has 0 fully saturated rings. The Labute approximate surface area is 136 Å². The first-order valence-corrected chi connectivity index (χ1v) is 7.12. The summed E-state index contributed by atoms with van der Waals surface area (Å²) in [5, 5.41) is 11.8. The molecule has 0 atom stereocenters. The van der Waals surface area contributed by atoms with E-state index in [0.29, 0.717) is 22.2 Å². The zero-order valence-electron chi connectivity index (χ0n) is 12.7. The van der Waals surface area contributed by atoms with Crippen LogP contribution in [0, 0.1) is 17.1 Å². The molecule has 0 radical (unpaired) electrons. The lowest BCUT2D eigenvalue weighted by atomic mass is 10.1. The van der Waals surface area contributed by atoms with E-state index in [4.69, 9.17) is 5.26 Å². The second-order valence-electron chi connectivity index (χ2n) is 5.24. The molecule has 2 aromatic carbocycles. The molecule has 3 aromatic rings. The van der Waals surface area contributed by atoms with Crippen molar-refractivity contribution in [3.05, 3.63) is 65.6 Å². The number of nitrogens with one attached hydrogen (secondary N) is 1. The molecule has 6 heteroatoms. The van der Waals surface area contributed by atoms with Crippen molar-refractivity contribution in [1.29, 1.82) is 5.26 Å². The number of hydrogen-bond acceptors (Lipinski definition) is 3. The van der Waals surface area contributed by atoms with Crippen molar-refractivity contribution >= 4 is 28.4 Å². The standard InChI is InChI=1S/C18H12FN3O2/c1-11(23)22-10-16(15-8-13(19)4-7-17(15)22)18(24)21-14-5-2-12(9-20)3-6-14/h2-8,10H,1H3,(H,21,24). The minimum absolute atomic E-state index is 0.198. The molecule has 3 rings (SSSR count). The molecule has 0 spiro atoms. The highest BCUT2D eigenvalue weighted by atomic mass is 19.1. The number of halogens is 1. The van der Waals surface area contributed by atoms with Crippen LogP contribution in [0.3, 0.4) is 0 Å². The highest BCUT2D eigenvalue weighted by Gasteiger charge is 2.17. The van der Waals surface area contributed by atoms with Gasteiger partial charge in [0, 0.05) is 24.2 Å². The van der Waals surface area contributed by atoms with Gasteiger partial charge in [-0.1, -0.05) is 0 Å². The number of nitrogens with zero attached hydrogens (tertiary/aromatic N) is 2. The number of nitriles is 1. The smallest absolute Gasteiger partial charge is 0.257 e. The van der Waals surface area contributed by atoms with Crippen LogP contribution in [-0.4, -0.2) is 16.4 Å². The molecule has 118 valence electrons. The third-order valence-corrected chi connectivity index (χ3v) is 3.62. The van der Waals surface area contributed by atoms with Crippen LogP contribution >= 0.6 is 0 Å². The van der Waals surface area contributed by atoms with Gasteiger partial charge in [0.25, 0.3) is 5.91 Å². The van der Waals surface area contributed by atoms with Crippen molar-refractivity contribution in [2.75, 3.05) is 5.32 Å². The Bertz CT molecular complexity index is 998. The Morgan fingerprint density at radius 3 is 2.50 bits per heavy atom. The molecule has 1 heterocycles. The third-order valence-electron chi connectivity index (χ3n) is 3.62. The molecule has 0 unspecified atom stereocenters. The summed E-state index contributed by atoms with van der Waals surface area (Å²) in [7, 11) is 0. The van der Waals surface area contributed by atoms with E-state index in [0.717, 1.165) is 0 Å². The van der Waals surface area contributed by atoms with Gasteiger partial charge in [-0.25, -0.2) is 4.39 Å². The van der Waals surface area contributed by atoms with Gasteiger partial charge in [0.15, 0.2) is 0 Å². The number of carbonyl (C=O) groups excluding carboxylic acids is 2. The van der Waals surface area contributed by atoms with Gasteiger partial charge in [-0.2, -0.15) is 5.26 Å². The lowest BCUT2D eigenvalue weighted by Gasteiger charge is -2.04. The van der Waals surface area contributed by atoms with Crippen LogP contribution in [0.25, 0.3) is 10.9 Å². The number of hydrogen-bond donors (Lipinski definition) is 1. The maximum atomic E-state index is 13.5. The molecule has 0 aliphatic carbocycles. The molecule has 0 saturated heterocycles. The van der Waals surface area contributed by atoms with Crippen LogP contribution in [0.4, 0.5) is 10.1 Å². The van der Waals surface area contributed by atoms with Gasteiger partial charge >= 0.3 is 0 Å². The Morgan fingerprint density at radius 2 is 1.88 bits per heavy atom. The van der Waals surface area contributed by atoms with Crippen LogP contribution in [-0.2, 0) is 0 Å².